The van der Waals surface area contributed by atoms with Crippen LogP contribution in [0.15, 0.2) is 0 Å². The number of nitrogens with two attached hydrogens (primary N) is 1. The molecule has 0 aromatic heterocycles. The van der Waals surface area contributed by atoms with Gasteiger partial charge in [-0.1, -0.05) is 0 Å². The van der Waals surface area contributed by atoms with Gasteiger partial charge in [-0.2, -0.15) is 0 Å². The van der Waals surface area contributed by atoms with E-state index < -0.39 is 0 Å². The number of hydrogen-bond donors (Lipinski definition) is 1. The monoisotopic (exact) mass is 240 g/mol. The molecule has 1 aliphatic heterocycles. The van der Waals surface area contributed by atoms with Gasteiger partial charge in [0.25, 0.3) is 0 Å². The van der Waals surface area contributed by atoms with Crippen LogP contribution in [0.25, 0.3) is 0 Å². The summed E-state index contributed by atoms with van der Waals surface area (Å²) in [6, 6.07) is 0. The Labute approximate surface area is 68.1 Å². The Morgan fingerprint density at radius 3 is 2.67 bits per heavy atom. The third-order valence-electron chi connectivity index (χ3n) is 1.54. The lowest BCUT2D eigenvalue weighted by molar-refractivity contribution is -0.121. The molecule has 52 valence electrons. The summed E-state index contributed by atoms with van der Waals surface area (Å²) in [5.41, 5.74) is 5.09. The van der Waals surface area contributed by atoms with E-state index in [0.717, 1.165) is 19.5 Å². The molecule has 3 nitrogen and oxygen atoms in total. The first kappa shape index (κ1) is 7.27. The number of amides is 1. The van der Waals surface area contributed by atoms with Gasteiger partial charge in [-0.15, -0.1) is 0 Å². The van der Waals surface area contributed by atoms with Gasteiger partial charge in [-0.3, -0.25) is 4.79 Å². The molecule has 1 heterocycles. The first-order chi connectivity index (χ1) is 4.20. The second-order valence-corrected chi connectivity index (χ2v) is 3.62. The number of primary amides is 1. The molecule has 0 radical (unpaired) electrons. The van der Waals surface area contributed by atoms with Crippen molar-refractivity contribution in [1.29, 1.82) is 0 Å². The average molecular weight is 240 g/mol. The summed E-state index contributed by atoms with van der Waals surface area (Å²) < 4.78 is 2.09. The lowest BCUT2D eigenvalue weighted by Gasteiger charge is -2.02. The van der Waals surface area contributed by atoms with Crippen LogP contribution in [0, 0.1) is 5.92 Å². The molecule has 0 aromatic carbocycles. The predicted octanol–water partition coefficient (Wildman–Crippen LogP) is 0.144. The highest BCUT2D eigenvalue weighted by molar-refractivity contribution is 14.1. The van der Waals surface area contributed by atoms with E-state index in [0.29, 0.717) is 0 Å². The van der Waals surface area contributed by atoms with Crippen molar-refractivity contribution in [3.05, 3.63) is 0 Å². The van der Waals surface area contributed by atoms with Gasteiger partial charge in [0.2, 0.25) is 5.91 Å². The SMILES string of the molecule is NC(=O)C1CCN(I)C1. The maximum absolute atomic E-state index is 10.5. The third kappa shape index (κ3) is 1.79. The summed E-state index contributed by atoms with van der Waals surface area (Å²) in [5.74, 6) is -0.0592. The van der Waals surface area contributed by atoms with Gasteiger partial charge >= 0.3 is 0 Å². The summed E-state index contributed by atoms with van der Waals surface area (Å²) >= 11 is 2.21. The van der Waals surface area contributed by atoms with Gasteiger partial charge in [0.1, 0.15) is 0 Å². The molecule has 0 aromatic rings. The zero-order valence-electron chi connectivity index (χ0n) is 5.01. The van der Waals surface area contributed by atoms with Crippen LogP contribution in [-0.2, 0) is 4.79 Å². The Balaban J connectivity index is 2.39. The molecule has 1 atom stereocenters. The van der Waals surface area contributed by atoms with Crippen molar-refractivity contribution in [3.8, 4) is 0 Å². The van der Waals surface area contributed by atoms with Crippen LogP contribution in [0.3, 0.4) is 0 Å². The van der Waals surface area contributed by atoms with Crippen molar-refractivity contribution in [1.82, 2.24) is 3.11 Å². The summed E-state index contributed by atoms with van der Waals surface area (Å²) in [4.78, 5) is 10.5. The Bertz CT molecular complexity index is 128. The summed E-state index contributed by atoms with van der Waals surface area (Å²) in [6.07, 6.45) is 0.929. The van der Waals surface area contributed by atoms with Crippen LogP contribution >= 0.6 is 22.9 Å². The fourth-order valence-electron chi connectivity index (χ4n) is 0.950. The van der Waals surface area contributed by atoms with Crippen LogP contribution in [0.5, 0.6) is 0 Å². The number of carbonyl (C=O) groups is 1. The first-order valence-corrected chi connectivity index (χ1v) is 3.86. The third-order valence-corrected chi connectivity index (χ3v) is 2.42. The molecule has 0 aliphatic carbocycles. The molecule has 0 saturated carbocycles. The van der Waals surface area contributed by atoms with Crippen LogP contribution in [0.1, 0.15) is 6.42 Å². The quantitative estimate of drug-likeness (QED) is 0.523. The highest BCUT2D eigenvalue weighted by atomic mass is 127. The van der Waals surface area contributed by atoms with Crippen molar-refractivity contribution < 1.29 is 4.79 Å². The highest BCUT2D eigenvalue weighted by Crippen LogP contribution is 2.18. The minimum absolute atomic E-state index is 0.0990. The zero-order chi connectivity index (χ0) is 6.85. The fourth-order valence-corrected chi connectivity index (χ4v) is 1.70. The lowest BCUT2D eigenvalue weighted by atomic mass is 10.1. The van der Waals surface area contributed by atoms with E-state index in [1.165, 1.54) is 0 Å². The molecule has 1 saturated heterocycles. The van der Waals surface area contributed by atoms with Crippen molar-refractivity contribution in [2.75, 3.05) is 13.1 Å². The molecule has 0 bridgehead atoms. The molecule has 0 spiro atoms. The minimum atomic E-state index is -0.158. The smallest absolute Gasteiger partial charge is 0.221 e. The van der Waals surface area contributed by atoms with Gasteiger partial charge < -0.3 is 5.73 Å². The minimum Gasteiger partial charge on any atom is -0.369 e. The van der Waals surface area contributed by atoms with E-state index in [-0.39, 0.29) is 11.8 Å². The van der Waals surface area contributed by atoms with E-state index in [1.54, 1.807) is 0 Å². The van der Waals surface area contributed by atoms with Crippen LogP contribution in [0.4, 0.5) is 0 Å². The predicted molar refractivity (Wildman–Crippen MR) is 42.9 cm³/mol. The Morgan fingerprint density at radius 1 is 1.78 bits per heavy atom. The standard InChI is InChI=1S/C5H9IN2O/c6-8-2-1-4(3-8)5(7)9/h4H,1-3H2,(H2,7,9). The maximum Gasteiger partial charge on any atom is 0.221 e. The molecule has 1 fully saturated rings. The zero-order valence-corrected chi connectivity index (χ0v) is 7.17. The number of rotatable bonds is 1. The lowest BCUT2D eigenvalue weighted by Crippen LogP contribution is -2.24. The first-order valence-electron chi connectivity index (χ1n) is 2.90. The normalized spacial score (nSPS) is 28.8. The van der Waals surface area contributed by atoms with Gasteiger partial charge in [-0.05, 0) is 6.42 Å². The Kier molecular flexibility index (Phi) is 2.29. The van der Waals surface area contributed by atoms with Crippen molar-refractivity contribution in [2.24, 2.45) is 11.7 Å². The maximum atomic E-state index is 10.5. The summed E-state index contributed by atoms with van der Waals surface area (Å²) in [7, 11) is 0. The highest BCUT2D eigenvalue weighted by Gasteiger charge is 2.24. The molecule has 1 amide bonds. The van der Waals surface area contributed by atoms with E-state index in [1.807, 2.05) is 0 Å². The molecule has 9 heavy (non-hydrogen) atoms. The van der Waals surface area contributed by atoms with Crippen molar-refractivity contribution in [3.63, 3.8) is 0 Å². The molecule has 1 rings (SSSR count). The summed E-state index contributed by atoms with van der Waals surface area (Å²) in [5, 5.41) is 0. The van der Waals surface area contributed by atoms with Gasteiger partial charge in [0, 0.05) is 36.0 Å². The Hall–Kier alpha value is 0.160. The van der Waals surface area contributed by atoms with Crippen LogP contribution in [0.2, 0.25) is 0 Å². The molecule has 1 unspecified atom stereocenters. The van der Waals surface area contributed by atoms with E-state index >= 15 is 0 Å². The van der Waals surface area contributed by atoms with Gasteiger partial charge in [-0.25, -0.2) is 3.11 Å². The number of halogens is 1. The largest absolute Gasteiger partial charge is 0.369 e. The molecule has 2 N–H and O–H groups in total. The Morgan fingerprint density at radius 2 is 2.44 bits per heavy atom. The average Bonchev–Trinajstić information content (AvgIpc) is 2.14. The van der Waals surface area contributed by atoms with Crippen LogP contribution < -0.4 is 5.73 Å². The van der Waals surface area contributed by atoms with Gasteiger partial charge in [0.05, 0.1) is 5.92 Å². The molecule has 4 heteroatoms. The molecular formula is C5H9IN2O. The number of carbonyl (C=O) groups excluding carboxylic acids is 1. The van der Waals surface area contributed by atoms with Gasteiger partial charge in [0.15, 0.2) is 0 Å². The summed E-state index contributed by atoms with van der Waals surface area (Å²) in [6.45, 7) is 1.82. The van der Waals surface area contributed by atoms with Crippen LogP contribution in [-0.4, -0.2) is 22.1 Å². The van der Waals surface area contributed by atoms with E-state index in [4.69, 9.17) is 5.73 Å². The van der Waals surface area contributed by atoms with E-state index in [2.05, 4.69) is 26.0 Å². The van der Waals surface area contributed by atoms with Crippen molar-refractivity contribution >= 4 is 28.8 Å². The molecular weight excluding hydrogens is 231 g/mol. The molecule has 1 aliphatic rings. The fraction of sp³-hybridized carbons (Fsp3) is 0.800. The topological polar surface area (TPSA) is 46.3 Å². The second kappa shape index (κ2) is 2.83. The number of nitrogens with zero attached hydrogens (tertiary/aromatic N) is 1. The number of hydrogen-bond acceptors (Lipinski definition) is 2. The second-order valence-electron chi connectivity index (χ2n) is 2.26. The van der Waals surface area contributed by atoms with Crippen molar-refractivity contribution in [2.45, 2.75) is 6.42 Å². The van der Waals surface area contributed by atoms with E-state index in [9.17, 15) is 4.79 Å².